The molecular formula is C22H21ClF3NO4. The third-order valence-corrected chi connectivity index (χ3v) is 4.45. The first-order valence-corrected chi connectivity index (χ1v) is 9.72. The van der Waals surface area contributed by atoms with Crippen LogP contribution in [0.5, 0.6) is 17.2 Å². The lowest BCUT2D eigenvalue weighted by Crippen LogP contribution is -2.16. The lowest BCUT2D eigenvalue weighted by molar-refractivity contribution is -0.274. The molecule has 0 radical (unpaired) electrons. The van der Waals surface area contributed by atoms with E-state index in [2.05, 4.69) is 9.72 Å². The van der Waals surface area contributed by atoms with Gasteiger partial charge in [0.15, 0.2) is 0 Å². The number of aryl methyl sites for hydroxylation is 1. The molecule has 9 heteroatoms. The van der Waals surface area contributed by atoms with E-state index in [0.29, 0.717) is 28.5 Å². The van der Waals surface area contributed by atoms with Crippen LogP contribution >= 0.6 is 11.6 Å². The van der Waals surface area contributed by atoms with Gasteiger partial charge in [-0.1, -0.05) is 37.6 Å². The molecule has 0 unspecified atom stereocenters. The van der Waals surface area contributed by atoms with Crippen LogP contribution in [0.25, 0.3) is 11.1 Å². The van der Waals surface area contributed by atoms with Gasteiger partial charge < -0.3 is 19.6 Å². The minimum Gasteiger partial charge on any atom is -0.457 e. The summed E-state index contributed by atoms with van der Waals surface area (Å²) in [5.41, 5.74) is 1.18. The molecular weight excluding hydrogens is 435 g/mol. The number of nitrogens with one attached hydrogen (secondary N) is 1. The number of benzene rings is 2. The number of ether oxygens (including phenoxy) is 2. The normalized spacial score (nSPS) is 10.8. The number of rotatable bonds is 5. The Labute approximate surface area is 182 Å². The molecule has 2 aromatic carbocycles. The monoisotopic (exact) mass is 455 g/mol. The number of aliphatic hydroxyl groups excluding tert-OH is 1. The third-order valence-electron chi connectivity index (χ3n) is 3.99. The van der Waals surface area contributed by atoms with Crippen LogP contribution in [0.2, 0.25) is 5.02 Å². The number of aromatic amines is 1. The maximum absolute atomic E-state index is 12.5. The van der Waals surface area contributed by atoms with Crippen molar-refractivity contribution in [1.29, 1.82) is 0 Å². The average Bonchev–Trinajstić information content (AvgIpc) is 2.74. The summed E-state index contributed by atoms with van der Waals surface area (Å²) in [5, 5.41) is 9.58. The summed E-state index contributed by atoms with van der Waals surface area (Å²) in [4.78, 5) is 15.4. The highest BCUT2D eigenvalue weighted by molar-refractivity contribution is 6.31. The van der Waals surface area contributed by atoms with Crippen LogP contribution in [-0.4, -0.2) is 16.5 Å². The number of alkyl halides is 3. The topological polar surface area (TPSA) is 71.6 Å². The average molecular weight is 456 g/mol. The summed E-state index contributed by atoms with van der Waals surface area (Å²) < 4.78 is 46.0. The van der Waals surface area contributed by atoms with E-state index < -0.39 is 11.8 Å². The van der Waals surface area contributed by atoms with E-state index in [4.69, 9.17) is 16.3 Å². The van der Waals surface area contributed by atoms with Gasteiger partial charge in [0.05, 0.1) is 17.9 Å². The lowest BCUT2D eigenvalue weighted by atomic mass is 10.0. The van der Waals surface area contributed by atoms with Gasteiger partial charge in [-0.15, -0.1) is 13.2 Å². The maximum atomic E-state index is 12.5. The molecule has 0 bridgehead atoms. The Morgan fingerprint density at radius 1 is 0.968 bits per heavy atom. The molecule has 0 aliphatic carbocycles. The predicted octanol–water partition coefficient (Wildman–Crippen LogP) is 6.21. The van der Waals surface area contributed by atoms with E-state index in [-0.39, 0.29) is 22.9 Å². The number of pyridine rings is 1. The van der Waals surface area contributed by atoms with E-state index in [9.17, 15) is 23.1 Å². The zero-order valence-corrected chi connectivity index (χ0v) is 17.8. The Balaban J connectivity index is 0.00000166. The summed E-state index contributed by atoms with van der Waals surface area (Å²) in [6, 6.07) is 11.4. The molecule has 1 aromatic heterocycles. The van der Waals surface area contributed by atoms with E-state index in [1.165, 1.54) is 12.1 Å². The SMILES string of the molecule is CC.Cc1[nH]c(CO)c(-c2ccc(Oc3ccc(OC(F)(F)F)cc3)cc2)c(=O)c1Cl. The highest BCUT2D eigenvalue weighted by Crippen LogP contribution is 2.29. The van der Waals surface area contributed by atoms with E-state index in [0.717, 1.165) is 12.1 Å². The van der Waals surface area contributed by atoms with Crippen LogP contribution < -0.4 is 14.9 Å². The molecule has 1 heterocycles. The summed E-state index contributed by atoms with van der Waals surface area (Å²) >= 11 is 6.02. The number of aromatic nitrogens is 1. The second-order valence-electron chi connectivity index (χ2n) is 6.05. The molecule has 0 aliphatic rings. The second-order valence-corrected chi connectivity index (χ2v) is 6.43. The van der Waals surface area contributed by atoms with Crippen LogP contribution in [-0.2, 0) is 6.61 Å². The molecule has 0 atom stereocenters. The Bertz CT molecular complexity index is 1060. The first kappa shape index (κ1) is 24.3. The Morgan fingerprint density at radius 2 is 1.45 bits per heavy atom. The zero-order valence-electron chi connectivity index (χ0n) is 17.0. The van der Waals surface area contributed by atoms with Crippen molar-refractivity contribution in [3.8, 4) is 28.4 Å². The summed E-state index contributed by atoms with van der Waals surface area (Å²) in [6.45, 7) is 5.27. The second kappa shape index (κ2) is 10.4. The number of hydrogen-bond acceptors (Lipinski definition) is 4. The fraction of sp³-hybridized carbons (Fsp3) is 0.227. The van der Waals surface area contributed by atoms with Crippen molar-refractivity contribution < 1.29 is 27.8 Å². The lowest BCUT2D eigenvalue weighted by Gasteiger charge is -2.12. The quantitative estimate of drug-likeness (QED) is 0.479. The summed E-state index contributed by atoms with van der Waals surface area (Å²) in [7, 11) is 0. The van der Waals surface area contributed by atoms with Crippen molar-refractivity contribution in [2.24, 2.45) is 0 Å². The predicted molar refractivity (Wildman–Crippen MR) is 113 cm³/mol. The standard InChI is InChI=1S/C20H15ClF3NO4.C2H6/c1-11-18(21)19(27)17(16(10-26)25-11)12-2-4-13(5-3-12)28-14-6-8-15(9-7-14)29-20(22,23)24;1-2/h2-9,26H,10H2,1H3,(H,25,27);1-2H3. The van der Waals surface area contributed by atoms with Gasteiger partial charge in [0.2, 0.25) is 5.43 Å². The number of H-pyrrole nitrogens is 1. The molecule has 3 rings (SSSR count). The number of aliphatic hydroxyl groups is 1. The first-order chi connectivity index (χ1) is 14.7. The molecule has 5 nitrogen and oxygen atoms in total. The number of hydrogen-bond donors (Lipinski definition) is 2. The first-order valence-electron chi connectivity index (χ1n) is 9.34. The Kier molecular flexibility index (Phi) is 8.13. The summed E-state index contributed by atoms with van der Waals surface area (Å²) in [5.74, 6) is 0.352. The largest absolute Gasteiger partial charge is 0.573 e. The van der Waals surface area contributed by atoms with Gasteiger partial charge in [-0.2, -0.15) is 0 Å². The minimum atomic E-state index is -4.76. The summed E-state index contributed by atoms with van der Waals surface area (Å²) in [6.07, 6.45) is -4.76. The number of halogens is 4. The van der Waals surface area contributed by atoms with Crippen LogP contribution in [0.4, 0.5) is 13.2 Å². The molecule has 0 amide bonds. The van der Waals surface area contributed by atoms with Crippen LogP contribution in [0.15, 0.2) is 53.3 Å². The van der Waals surface area contributed by atoms with E-state index >= 15 is 0 Å². The van der Waals surface area contributed by atoms with Crippen LogP contribution in [0, 0.1) is 6.92 Å². The van der Waals surface area contributed by atoms with Gasteiger partial charge in [0, 0.05) is 5.69 Å². The highest BCUT2D eigenvalue weighted by atomic mass is 35.5. The van der Waals surface area contributed by atoms with Gasteiger partial charge in [-0.05, 0) is 48.9 Å². The van der Waals surface area contributed by atoms with Crippen LogP contribution in [0.3, 0.4) is 0 Å². The molecule has 31 heavy (non-hydrogen) atoms. The fourth-order valence-corrected chi connectivity index (χ4v) is 2.86. The molecule has 0 saturated carbocycles. The fourth-order valence-electron chi connectivity index (χ4n) is 2.72. The molecule has 0 aliphatic heterocycles. The third kappa shape index (κ3) is 6.26. The van der Waals surface area contributed by atoms with E-state index in [1.807, 2.05) is 13.8 Å². The van der Waals surface area contributed by atoms with Crippen molar-refractivity contribution in [3.63, 3.8) is 0 Å². The van der Waals surface area contributed by atoms with E-state index in [1.54, 1.807) is 31.2 Å². The van der Waals surface area contributed by atoms with Crippen LogP contribution in [0.1, 0.15) is 25.2 Å². The van der Waals surface area contributed by atoms with Crippen molar-refractivity contribution in [1.82, 2.24) is 4.98 Å². The minimum absolute atomic E-state index is 0.0405. The molecule has 166 valence electrons. The molecule has 3 aromatic rings. The molecule has 0 spiro atoms. The van der Waals surface area contributed by atoms with Crippen molar-refractivity contribution in [3.05, 3.63) is 75.2 Å². The van der Waals surface area contributed by atoms with Crippen molar-refractivity contribution in [2.45, 2.75) is 33.7 Å². The van der Waals surface area contributed by atoms with Gasteiger partial charge in [0.25, 0.3) is 0 Å². The van der Waals surface area contributed by atoms with Gasteiger partial charge in [0.1, 0.15) is 22.3 Å². The van der Waals surface area contributed by atoms with Gasteiger partial charge in [-0.25, -0.2) is 0 Å². The highest BCUT2D eigenvalue weighted by Gasteiger charge is 2.31. The zero-order chi connectivity index (χ0) is 23.2. The molecule has 0 saturated heterocycles. The van der Waals surface area contributed by atoms with Gasteiger partial charge in [-0.3, -0.25) is 4.79 Å². The maximum Gasteiger partial charge on any atom is 0.573 e. The smallest absolute Gasteiger partial charge is 0.457 e. The van der Waals surface area contributed by atoms with Gasteiger partial charge >= 0.3 is 6.36 Å². The Hall–Kier alpha value is -2.97. The van der Waals surface area contributed by atoms with Crippen molar-refractivity contribution >= 4 is 11.6 Å². The van der Waals surface area contributed by atoms with Crippen molar-refractivity contribution in [2.75, 3.05) is 0 Å². The Morgan fingerprint density at radius 3 is 1.94 bits per heavy atom. The molecule has 2 N–H and O–H groups in total. The molecule has 0 fully saturated rings.